The van der Waals surface area contributed by atoms with Gasteiger partial charge in [0.15, 0.2) is 0 Å². The van der Waals surface area contributed by atoms with Crippen LogP contribution in [-0.4, -0.2) is 74.2 Å². The van der Waals surface area contributed by atoms with Gasteiger partial charge in [-0.2, -0.15) is 0 Å². The Morgan fingerprint density at radius 2 is 1.79 bits per heavy atom. The van der Waals surface area contributed by atoms with E-state index in [1.54, 1.807) is 31.2 Å². The summed E-state index contributed by atoms with van der Waals surface area (Å²) in [5, 5.41) is 2.94. The van der Waals surface area contributed by atoms with Crippen molar-refractivity contribution < 1.29 is 23.1 Å². The first-order valence-electron chi connectivity index (χ1n) is 11.2. The normalized spacial score (nSPS) is 17.0. The molecule has 186 valence electrons. The zero-order valence-corrected chi connectivity index (χ0v) is 20.8. The molecule has 1 aromatic rings. The van der Waals surface area contributed by atoms with E-state index in [4.69, 9.17) is 0 Å². The predicted molar refractivity (Wildman–Crippen MR) is 131 cm³/mol. The Balaban J connectivity index is 2.16. The van der Waals surface area contributed by atoms with Crippen molar-refractivity contribution in [3.05, 3.63) is 41.6 Å². The molecule has 1 fully saturated rings. The number of allylic oxidation sites excluding steroid dienone is 2. The molecule has 0 aromatic heterocycles. The number of nitrogens with zero attached hydrogens (tertiary/aromatic N) is 3. The third kappa shape index (κ3) is 7.77. The van der Waals surface area contributed by atoms with Gasteiger partial charge in [0.25, 0.3) is 0 Å². The average molecular weight is 491 g/mol. The summed E-state index contributed by atoms with van der Waals surface area (Å²) in [7, 11) is 0. The molecule has 1 aromatic carbocycles. The molecule has 0 bridgehead atoms. The molecule has 2 rings (SSSR count). The minimum absolute atomic E-state index is 0.214. The number of aliphatic imine (C=N–C) groups is 1. The molecule has 0 saturated carbocycles. The van der Waals surface area contributed by atoms with E-state index in [-0.39, 0.29) is 12.5 Å². The number of hydrogen-bond acceptors (Lipinski definition) is 6. The summed E-state index contributed by atoms with van der Waals surface area (Å²) in [6.07, 6.45) is 3.06. The number of amides is 3. The molecule has 2 N–H and O–H groups in total. The SMILES string of the molecule is C/C=C(/CC)N=C(C)[C@H](Cc1ccc(NS(=O)[O-])cc1)NC(=O)CN1CCN(CC)C(=O)C1=O. The van der Waals surface area contributed by atoms with Gasteiger partial charge in [0.1, 0.15) is 6.54 Å². The van der Waals surface area contributed by atoms with Crippen LogP contribution in [0, 0.1) is 0 Å². The Kier molecular flexibility index (Phi) is 10.4. The van der Waals surface area contributed by atoms with Crippen LogP contribution in [0.2, 0.25) is 0 Å². The summed E-state index contributed by atoms with van der Waals surface area (Å²) in [5.41, 5.74) is 2.87. The van der Waals surface area contributed by atoms with E-state index in [0.29, 0.717) is 37.5 Å². The lowest BCUT2D eigenvalue weighted by Gasteiger charge is -2.33. The van der Waals surface area contributed by atoms with Gasteiger partial charge >= 0.3 is 11.8 Å². The molecule has 1 aliphatic heterocycles. The van der Waals surface area contributed by atoms with Crippen molar-refractivity contribution in [3.8, 4) is 0 Å². The molecule has 0 aliphatic carbocycles. The molecule has 10 nitrogen and oxygen atoms in total. The summed E-state index contributed by atoms with van der Waals surface area (Å²) < 4.78 is 23.9. The number of hydrogen-bond donors (Lipinski definition) is 2. The lowest BCUT2D eigenvalue weighted by atomic mass is 10.0. The van der Waals surface area contributed by atoms with Gasteiger partial charge in [0.2, 0.25) is 5.91 Å². The molecule has 0 spiro atoms. The quantitative estimate of drug-likeness (QED) is 0.275. The van der Waals surface area contributed by atoms with E-state index < -0.39 is 29.1 Å². The number of piperazine rings is 1. The maximum absolute atomic E-state index is 12.8. The minimum Gasteiger partial charge on any atom is -0.755 e. The summed E-state index contributed by atoms with van der Waals surface area (Å²) in [5.74, 6) is -1.65. The van der Waals surface area contributed by atoms with Crippen LogP contribution in [0.5, 0.6) is 0 Å². The number of rotatable bonds is 11. The van der Waals surface area contributed by atoms with E-state index in [2.05, 4.69) is 15.0 Å². The molecule has 1 aliphatic rings. The van der Waals surface area contributed by atoms with Crippen LogP contribution in [-0.2, 0) is 32.1 Å². The molecule has 1 heterocycles. The second-order valence-corrected chi connectivity index (χ2v) is 8.53. The summed E-state index contributed by atoms with van der Waals surface area (Å²) in [6.45, 7) is 8.46. The molecule has 2 atom stereocenters. The van der Waals surface area contributed by atoms with Crippen molar-refractivity contribution in [1.29, 1.82) is 0 Å². The van der Waals surface area contributed by atoms with Crippen molar-refractivity contribution in [2.75, 3.05) is 30.9 Å². The molecular formula is C23H32N5O5S-. The van der Waals surface area contributed by atoms with E-state index in [0.717, 1.165) is 17.7 Å². The fourth-order valence-electron chi connectivity index (χ4n) is 3.58. The Labute approximate surface area is 202 Å². The third-order valence-electron chi connectivity index (χ3n) is 5.56. The molecule has 1 saturated heterocycles. The van der Waals surface area contributed by atoms with E-state index in [1.165, 1.54) is 9.80 Å². The van der Waals surface area contributed by atoms with Gasteiger partial charge in [-0.1, -0.05) is 25.1 Å². The van der Waals surface area contributed by atoms with Crippen LogP contribution < -0.4 is 10.0 Å². The molecule has 11 heteroatoms. The van der Waals surface area contributed by atoms with Gasteiger partial charge in [0.05, 0.1) is 6.04 Å². The number of carbonyl (C=O) groups is 3. The maximum Gasteiger partial charge on any atom is 0.312 e. The largest absolute Gasteiger partial charge is 0.755 e. The van der Waals surface area contributed by atoms with Crippen molar-refractivity contribution in [2.45, 2.75) is 46.6 Å². The lowest BCUT2D eigenvalue weighted by Crippen LogP contribution is -2.57. The van der Waals surface area contributed by atoms with Crippen LogP contribution in [0.15, 0.2) is 41.0 Å². The first-order chi connectivity index (χ1) is 16.2. The second kappa shape index (κ2) is 13.0. The number of anilines is 1. The highest BCUT2D eigenvalue weighted by molar-refractivity contribution is 7.80. The second-order valence-electron chi connectivity index (χ2n) is 7.86. The third-order valence-corrected chi connectivity index (χ3v) is 5.97. The van der Waals surface area contributed by atoms with E-state index >= 15 is 0 Å². The van der Waals surface area contributed by atoms with Crippen LogP contribution in [0.4, 0.5) is 5.69 Å². The Morgan fingerprint density at radius 3 is 2.35 bits per heavy atom. The topological polar surface area (TPSA) is 134 Å². The predicted octanol–water partition coefficient (Wildman–Crippen LogP) is 1.39. The summed E-state index contributed by atoms with van der Waals surface area (Å²) in [4.78, 5) is 44.7. The highest BCUT2D eigenvalue weighted by atomic mass is 32.2. The lowest BCUT2D eigenvalue weighted by molar-refractivity contribution is -0.156. The zero-order chi connectivity index (χ0) is 25.3. The first-order valence-corrected chi connectivity index (χ1v) is 12.3. The molecular weight excluding hydrogens is 458 g/mol. The molecule has 1 unspecified atom stereocenters. The average Bonchev–Trinajstić information content (AvgIpc) is 2.81. The Bertz CT molecular complexity index is 976. The standard InChI is InChI=1S/C23H33N5O5S/c1-5-18(6-2)24-16(4)20(14-17-8-10-19(11-9-17)26-34(32)33)25-21(29)15-28-13-12-27(7-3)22(30)23(28)31/h5,8-11,20,26H,6-7,12-15H2,1-4H3,(H,25,29)(H,32,33)/p-1/b18-5-,24-16?/t20-/m0/s1. The van der Waals surface area contributed by atoms with Gasteiger partial charge in [-0.15, -0.1) is 0 Å². The smallest absolute Gasteiger partial charge is 0.312 e. The maximum atomic E-state index is 12.8. The fraction of sp³-hybridized carbons (Fsp3) is 0.478. The van der Waals surface area contributed by atoms with Gasteiger partial charge in [-0.05, 0) is 51.3 Å². The Hall–Kier alpha value is -3.05. The first kappa shape index (κ1) is 27.2. The van der Waals surface area contributed by atoms with Gasteiger partial charge in [0, 0.05) is 48.0 Å². The van der Waals surface area contributed by atoms with E-state index in [1.807, 2.05) is 26.8 Å². The summed E-state index contributed by atoms with van der Waals surface area (Å²) >= 11 is -2.41. The number of carbonyl (C=O) groups excluding carboxylic acids is 3. The highest BCUT2D eigenvalue weighted by Crippen LogP contribution is 2.14. The zero-order valence-electron chi connectivity index (χ0n) is 20.0. The van der Waals surface area contributed by atoms with Crippen LogP contribution in [0.25, 0.3) is 0 Å². The number of nitrogens with one attached hydrogen (secondary N) is 2. The number of likely N-dealkylation sites (N-methyl/N-ethyl adjacent to an activating group) is 1. The highest BCUT2D eigenvalue weighted by Gasteiger charge is 2.33. The monoisotopic (exact) mass is 490 g/mol. The Morgan fingerprint density at radius 1 is 1.18 bits per heavy atom. The van der Waals surface area contributed by atoms with Crippen molar-refractivity contribution in [2.24, 2.45) is 4.99 Å². The fourth-order valence-corrected chi connectivity index (χ4v) is 3.91. The summed E-state index contributed by atoms with van der Waals surface area (Å²) in [6, 6.07) is 6.35. The number of benzene rings is 1. The van der Waals surface area contributed by atoms with Crippen LogP contribution in [0.3, 0.4) is 0 Å². The van der Waals surface area contributed by atoms with Gasteiger partial charge < -0.3 is 24.4 Å². The van der Waals surface area contributed by atoms with Crippen LogP contribution in [0.1, 0.15) is 39.7 Å². The van der Waals surface area contributed by atoms with Gasteiger partial charge in [-0.25, -0.2) is 0 Å². The molecule has 3 amide bonds. The van der Waals surface area contributed by atoms with Crippen molar-refractivity contribution >= 4 is 40.4 Å². The van der Waals surface area contributed by atoms with Crippen LogP contribution >= 0.6 is 0 Å². The van der Waals surface area contributed by atoms with Crippen molar-refractivity contribution in [1.82, 2.24) is 15.1 Å². The van der Waals surface area contributed by atoms with Gasteiger partial charge in [-0.3, -0.25) is 23.6 Å². The van der Waals surface area contributed by atoms with Crippen molar-refractivity contribution in [3.63, 3.8) is 0 Å². The molecule has 0 radical (unpaired) electrons. The van der Waals surface area contributed by atoms with E-state index in [9.17, 15) is 23.1 Å². The minimum atomic E-state index is -2.41. The molecule has 34 heavy (non-hydrogen) atoms.